The Kier molecular flexibility index (Phi) is 7.55. The van der Waals surface area contributed by atoms with Crippen LogP contribution in [0.4, 0.5) is 0 Å². The fourth-order valence-electron chi connectivity index (χ4n) is 3.29. The molecule has 0 aliphatic rings. The third kappa shape index (κ3) is 6.28. The van der Waals surface area contributed by atoms with Crippen LogP contribution in [0, 0.1) is 0 Å². The average molecular weight is 415 g/mol. The Bertz CT molecular complexity index is 1010. The van der Waals surface area contributed by atoms with E-state index in [4.69, 9.17) is 9.84 Å². The number of benzene rings is 4. The van der Waals surface area contributed by atoms with Gasteiger partial charge in [-0.3, -0.25) is 0 Å². The number of ether oxygens (including phenoxy) is 1. The van der Waals surface area contributed by atoms with Gasteiger partial charge in [-0.1, -0.05) is 54.6 Å². The molecular formula is C27H26O4. The van der Waals surface area contributed by atoms with E-state index in [0.29, 0.717) is 12.4 Å². The van der Waals surface area contributed by atoms with E-state index in [9.17, 15) is 10.2 Å². The molecule has 0 bridgehead atoms. The third-order valence-corrected chi connectivity index (χ3v) is 4.71. The summed E-state index contributed by atoms with van der Waals surface area (Å²) in [5.74, 6) is 1.63. The maximum Gasteiger partial charge on any atom is 0.119 e. The number of hydrogen-bond acceptors (Lipinski definition) is 4. The van der Waals surface area contributed by atoms with Crippen LogP contribution >= 0.6 is 0 Å². The average Bonchev–Trinajstić information content (AvgIpc) is 2.78. The first-order valence-electron chi connectivity index (χ1n) is 10.1. The maximum absolute atomic E-state index is 9.58. The van der Waals surface area contributed by atoms with E-state index in [1.165, 1.54) is 0 Å². The Labute approximate surface area is 182 Å². The highest BCUT2D eigenvalue weighted by Gasteiger charge is 2.17. The normalized spacial score (nSPS) is 10.3. The minimum absolute atomic E-state index is 0.00777. The van der Waals surface area contributed by atoms with Crippen LogP contribution in [0.3, 0.4) is 0 Å². The van der Waals surface area contributed by atoms with E-state index >= 15 is 0 Å². The van der Waals surface area contributed by atoms with Crippen LogP contribution in [-0.2, 0) is 0 Å². The van der Waals surface area contributed by atoms with Gasteiger partial charge in [0.25, 0.3) is 0 Å². The van der Waals surface area contributed by atoms with Crippen LogP contribution in [0.5, 0.6) is 23.0 Å². The van der Waals surface area contributed by atoms with Crippen LogP contribution in [-0.4, -0.2) is 21.9 Å². The molecule has 4 heteroatoms. The Morgan fingerprint density at radius 2 is 1.10 bits per heavy atom. The topological polar surface area (TPSA) is 69.9 Å². The summed E-state index contributed by atoms with van der Waals surface area (Å²) in [4.78, 5) is 0. The molecule has 0 fully saturated rings. The number of rotatable bonds is 5. The standard InChI is InChI=1S/C21H20O3.C6H6O/c1-2-24-20-5-3-4-17(14-20)21(15-6-10-18(22)11-7-15)16-8-12-19(23)13-9-16;7-6-4-2-1-3-5-6/h3-14,21-23H,2H2,1H3;1-5,7H. The summed E-state index contributed by atoms with van der Waals surface area (Å²) in [5, 5.41) is 27.8. The zero-order chi connectivity index (χ0) is 22.1. The second-order valence-corrected chi connectivity index (χ2v) is 6.96. The summed E-state index contributed by atoms with van der Waals surface area (Å²) in [6.07, 6.45) is 0. The van der Waals surface area contributed by atoms with E-state index < -0.39 is 0 Å². The van der Waals surface area contributed by atoms with Crippen LogP contribution < -0.4 is 4.74 Å². The van der Waals surface area contributed by atoms with E-state index in [-0.39, 0.29) is 17.4 Å². The Morgan fingerprint density at radius 3 is 1.55 bits per heavy atom. The van der Waals surface area contributed by atoms with Crippen LogP contribution in [0.15, 0.2) is 103 Å². The fraction of sp³-hybridized carbons (Fsp3) is 0.111. The Hall–Kier alpha value is -3.92. The maximum atomic E-state index is 9.58. The highest BCUT2D eigenvalue weighted by Crippen LogP contribution is 2.34. The molecule has 4 rings (SSSR count). The number of phenols is 3. The molecule has 4 aromatic rings. The lowest BCUT2D eigenvalue weighted by Gasteiger charge is -2.20. The van der Waals surface area contributed by atoms with E-state index in [0.717, 1.165) is 22.4 Å². The van der Waals surface area contributed by atoms with Gasteiger partial charge in [0.1, 0.15) is 23.0 Å². The number of aromatic hydroxyl groups is 3. The quantitative estimate of drug-likeness (QED) is 0.347. The van der Waals surface area contributed by atoms with Gasteiger partial charge in [0.2, 0.25) is 0 Å². The second-order valence-electron chi connectivity index (χ2n) is 6.96. The summed E-state index contributed by atoms with van der Waals surface area (Å²) < 4.78 is 5.63. The molecule has 158 valence electrons. The first-order valence-corrected chi connectivity index (χ1v) is 10.1. The molecule has 0 aliphatic carbocycles. The van der Waals surface area contributed by atoms with Gasteiger partial charge < -0.3 is 20.1 Å². The minimum Gasteiger partial charge on any atom is -0.508 e. The highest BCUT2D eigenvalue weighted by molar-refractivity contribution is 5.47. The lowest BCUT2D eigenvalue weighted by atomic mass is 9.85. The van der Waals surface area contributed by atoms with Crippen molar-refractivity contribution in [2.45, 2.75) is 12.8 Å². The molecule has 0 amide bonds. The molecule has 31 heavy (non-hydrogen) atoms. The Morgan fingerprint density at radius 1 is 0.581 bits per heavy atom. The van der Waals surface area contributed by atoms with E-state index in [1.807, 2.05) is 55.5 Å². The van der Waals surface area contributed by atoms with Crippen molar-refractivity contribution in [3.63, 3.8) is 0 Å². The predicted molar refractivity (Wildman–Crippen MR) is 123 cm³/mol. The lowest BCUT2D eigenvalue weighted by molar-refractivity contribution is 0.340. The molecule has 0 unspecified atom stereocenters. The Balaban J connectivity index is 0.000000330. The van der Waals surface area contributed by atoms with Gasteiger partial charge in [0, 0.05) is 5.92 Å². The second kappa shape index (κ2) is 10.7. The molecular weight excluding hydrogens is 388 g/mol. The molecule has 4 nitrogen and oxygen atoms in total. The van der Waals surface area contributed by atoms with Crippen molar-refractivity contribution in [2.75, 3.05) is 6.61 Å². The van der Waals surface area contributed by atoms with Crippen LogP contribution in [0.1, 0.15) is 29.5 Å². The van der Waals surface area contributed by atoms with E-state index in [1.54, 1.807) is 48.5 Å². The molecule has 4 aromatic carbocycles. The van der Waals surface area contributed by atoms with Crippen molar-refractivity contribution in [3.05, 3.63) is 120 Å². The van der Waals surface area contributed by atoms with Crippen molar-refractivity contribution in [1.29, 1.82) is 0 Å². The highest BCUT2D eigenvalue weighted by atomic mass is 16.5. The first kappa shape index (κ1) is 21.8. The molecule has 0 heterocycles. The van der Waals surface area contributed by atoms with E-state index in [2.05, 4.69) is 6.07 Å². The van der Waals surface area contributed by atoms with Gasteiger partial charge in [0.15, 0.2) is 0 Å². The van der Waals surface area contributed by atoms with Crippen molar-refractivity contribution in [1.82, 2.24) is 0 Å². The predicted octanol–water partition coefficient (Wildman–Crippen LogP) is 6.07. The smallest absolute Gasteiger partial charge is 0.119 e. The van der Waals surface area contributed by atoms with Gasteiger partial charge >= 0.3 is 0 Å². The molecule has 0 saturated carbocycles. The molecule has 3 N–H and O–H groups in total. The molecule has 0 aliphatic heterocycles. The number of phenolic OH excluding ortho intramolecular Hbond substituents is 3. The summed E-state index contributed by atoms with van der Waals surface area (Å²) in [5.41, 5.74) is 3.22. The van der Waals surface area contributed by atoms with Crippen molar-refractivity contribution < 1.29 is 20.1 Å². The molecule has 0 saturated heterocycles. The van der Waals surface area contributed by atoms with Gasteiger partial charge in [0.05, 0.1) is 6.61 Å². The van der Waals surface area contributed by atoms with Gasteiger partial charge in [-0.2, -0.15) is 0 Å². The summed E-state index contributed by atoms with van der Waals surface area (Å²) >= 11 is 0. The fourth-order valence-corrected chi connectivity index (χ4v) is 3.29. The van der Waals surface area contributed by atoms with Gasteiger partial charge in [-0.25, -0.2) is 0 Å². The third-order valence-electron chi connectivity index (χ3n) is 4.71. The number of hydrogen-bond donors (Lipinski definition) is 3. The van der Waals surface area contributed by atoms with Crippen molar-refractivity contribution >= 4 is 0 Å². The molecule has 0 radical (unpaired) electrons. The van der Waals surface area contributed by atoms with Crippen molar-refractivity contribution in [2.24, 2.45) is 0 Å². The first-order chi connectivity index (χ1) is 15.1. The minimum atomic E-state index is -0.00777. The summed E-state index contributed by atoms with van der Waals surface area (Å²) in [7, 11) is 0. The van der Waals surface area contributed by atoms with Gasteiger partial charge in [-0.15, -0.1) is 0 Å². The summed E-state index contributed by atoms with van der Waals surface area (Å²) in [6, 6.07) is 31.2. The largest absolute Gasteiger partial charge is 0.508 e. The SMILES string of the molecule is CCOc1cccc(C(c2ccc(O)cc2)c2ccc(O)cc2)c1.Oc1ccccc1. The number of para-hydroxylation sites is 1. The molecule has 0 aromatic heterocycles. The van der Waals surface area contributed by atoms with Crippen molar-refractivity contribution in [3.8, 4) is 23.0 Å². The monoisotopic (exact) mass is 414 g/mol. The van der Waals surface area contributed by atoms with Crippen LogP contribution in [0.25, 0.3) is 0 Å². The summed E-state index contributed by atoms with van der Waals surface area (Å²) in [6.45, 7) is 2.58. The molecule has 0 spiro atoms. The zero-order valence-electron chi connectivity index (χ0n) is 17.3. The van der Waals surface area contributed by atoms with Crippen LogP contribution in [0.2, 0.25) is 0 Å². The van der Waals surface area contributed by atoms with Gasteiger partial charge in [-0.05, 0) is 72.1 Å². The molecule has 0 atom stereocenters. The lowest BCUT2D eigenvalue weighted by Crippen LogP contribution is -2.04. The zero-order valence-corrected chi connectivity index (χ0v) is 17.3.